The average Bonchev–Trinajstić information content (AvgIpc) is 2.32. The molecule has 0 aromatic heterocycles. The highest BCUT2D eigenvalue weighted by atomic mass is 35.5. The van der Waals surface area contributed by atoms with Gasteiger partial charge in [-0.2, -0.15) is 0 Å². The molecule has 5 heteroatoms. The standard InChI is InChI=1S/C13H20N2O2.ClH/c1-4-17-12-8-6-5-7-11(12)10-15(3)13(16)9-14-2;/h5-8,14H,4,9-10H2,1-3H3;1H. The number of rotatable bonds is 6. The lowest BCUT2D eigenvalue weighted by Gasteiger charge is -2.19. The fourth-order valence-electron chi connectivity index (χ4n) is 1.56. The molecule has 1 amide bonds. The van der Waals surface area contributed by atoms with Crippen molar-refractivity contribution in [3.8, 4) is 5.75 Å². The number of ether oxygens (including phenoxy) is 1. The van der Waals surface area contributed by atoms with E-state index in [1.54, 1.807) is 19.0 Å². The van der Waals surface area contributed by atoms with E-state index in [2.05, 4.69) is 5.32 Å². The van der Waals surface area contributed by atoms with Crippen LogP contribution in [0.15, 0.2) is 24.3 Å². The Labute approximate surface area is 115 Å². The van der Waals surface area contributed by atoms with Crippen LogP contribution in [-0.4, -0.2) is 38.1 Å². The zero-order valence-electron chi connectivity index (χ0n) is 11.1. The first-order valence-corrected chi connectivity index (χ1v) is 5.78. The molecular weight excluding hydrogens is 252 g/mol. The van der Waals surface area contributed by atoms with E-state index in [9.17, 15) is 4.79 Å². The second-order valence-electron chi connectivity index (χ2n) is 3.82. The van der Waals surface area contributed by atoms with Crippen molar-refractivity contribution in [1.82, 2.24) is 10.2 Å². The van der Waals surface area contributed by atoms with Gasteiger partial charge in [-0.15, -0.1) is 12.4 Å². The van der Waals surface area contributed by atoms with Gasteiger partial charge in [-0.05, 0) is 20.0 Å². The maximum atomic E-state index is 11.6. The minimum Gasteiger partial charge on any atom is -0.494 e. The van der Waals surface area contributed by atoms with Crippen molar-refractivity contribution < 1.29 is 9.53 Å². The predicted octanol–water partition coefficient (Wildman–Crippen LogP) is 1.68. The highest BCUT2D eigenvalue weighted by Gasteiger charge is 2.10. The number of likely N-dealkylation sites (N-methyl/N-ethyl adjacent to an activating group) is 2. The van der Waals surface area contributed by atoms with Gasteiger partial charge in [0.2, 0.25) is 5.91 Å². The molecule has 0 radical (unpaired) electrons. The SMILES string of the molecule is CCOc1ccccc1CN(C)C(=O)CNC.Cl. The van der Waals surface area contributed by atoms with E-state index in [-0.39, 0.29) is 18.3 Å². The zero-order chi connectivity index (χ0) is 12.7. The highest BCUT2D eigenvalue weighted by Crippen LogP contribution is 2.19. The normalized spacial score (nSPS) is 9.50. The van der Waals surface area contributed by atoms with Crippen LogP contribution in [0.3, 0.4) is 0 Å². The highest BCUT2D eigenvalue weighted by molar-refractivity contribution is 5.85. The van der Waals surface area contributed by atoms with E-state index in [0.717, 1.165) is 11.3 Å². The van der Waals surface area contributed by atoms with Crippen LogP contribution in [0.25, 0.3) is 0 Å². The molecule has 0 aliphatic carbocycles. The number of halogens is 1. The summed E-state index contributed by atoms with van der Waals surface area (Å²) in [5.74, 6) is 0.915. The fraction of sp³-hybridized carbons (Fsp3) is 0.462. The molecule has 18 heavy (non-hydrogen) atoms. The van der Waals surface area contributed by atoms with Crippen LogP contribution in [0.5, 0.6) is 5.75 Å². The second-order valence-corrected chi connectivity index (χ2v) is 3.82. The Bertz CT molecular complexity index is 372. The second kappa shape index (κ2) is 8.78. The molecule has 0 unspecified atom stereocenters. The van der Waals surface area contributed by atoms with Crippen molar-refractivity contribution in [1.29, 1.82) is 0 Å². The molecule has 1 N–H and O–H groups in total. The molecule has 0 spiro atoms. The van der Waals surface area contributed by atoms with Gasteiger partial charge in [-0.3, -0.25) is 4.79 Å². The van der Waals surface area contributed by atoms with E-state index in [0.29, 0.717) is 19.7 Å². The third-order valence-electron chi connectivity index (χ3n) is 2.43. The zero-order valence-corrected chi connectivity index (χ0v) is 11.9. The summed E-state index contributed by atoms with van der Waals surface area (Å²) in [6.07, 6.45) is 0. The number of carbonyl (C=O) groups excluding carboxylic acids is 1. The Balaban J connectivity index is 0.00000289. The van der Waals surface area contributed by atoms with Crippen LogP contribution in [0.2, 0.25) is 0 Å². The summed E-state index contributed by atoms with van der Waals surface area (Å²) in [7, 11) is 3.56. The number of carbonyl (C=O) groups is 1. The third kappa shape index (κ3) is 4.94. The van der Waals surface area contributed by atoms with E-state index in [1.807, 2.05) is 31.2 Å². The smallest absolute Gasteiger partial charge is 0.236 e. The Hall–Kier alpha value is -1.26. The Morgan fingerprint density at radius 2 is 2.06 bits per heavy atom. The molecule has 0 aliphatic rings. The Morgan fingerprint density at radius 3 is 2.67 bits per heavy atom. The van der Waals surface area contributed by atoms with Gasteiger partial charge < -0.3 is 15.0 Å². The first-order valence-electron chi connectivity index (χ1n) is 5.78. The molecule has 0 bridgehead atoms. The number of amides is 1. The van der Waals surface area contributed by atoms with E-state index < -0.39 is 0 Å². The molecule has 1 aromatic carbocycles. The van der Waals surface area contributed by atoms with Crippen LogP contribution >= 0.6 is 12.4 Å². The van der Waals surface area contributed by atoms with Crippen molar-refractivity contribution in [2.75, 3.05) is 27.2 Å². The molecule has 1 rings (SSSR count). The minimum atomic E-state index is 0. The summed E-state index contributed by atoms with van der Waals surface area (Å²) >= 11 is 0. The monoisotopic (exact) mass is 272 g/mol. The number of hydrogen-bond acceptors (Lipinski definition) is 3. The molecule has 4 nitrogen and oxygen atoms in total. The van der Waals surface area contributed by atoms with Gasteiger partial charge in [-0.25, -0.2) is 0 Å². The van der Waals surface area contributed by atoms with Gasteiger partial charge in [0.05, 0.1) is 13.2 Å². The van der Waals surface area contributed by atoms with Crippen LogP contribution in [0.1, 0.15) is 12.5 Å². The topological polar surface area (TPSA) is 41.6 Å². The first kappa shape index (κ1) is 16.7. The summed E-state index contributed by atoms with van der Waals surface area (Å²) in [5.41, 5.74) is 1.03. The number of nitrogens with zero attached hydrogens (tertiary/aromatic N) is 1. The molecule has 102 valence electrons. The molecular formula is C13H21ClN2O2. The van der Waals surface area contributed by atoms with Crippen LogP contribution in [-0.2, 0) is 11.3 Å². The molecule has 0 fully saturated rings. The maximum Gasteiger partial charge on any atom is 0.236 e. The van der Waals surface area contributed by atoms with Crippen molar-refractivity contribution in [3.05, 3.63) is 29.8 Å². The number of para-hydroxylation sites is 1. The van der Waals surface area contributed by atoms with Crippen LogP contribution in [0.4, 0.5) is 0 Å². The third-order valence-corrected chi connectivity index (χ3v) is 2.43. The molecule has 0 saturated carbocycles. The van der Waals surface area contributed by atoms with Gasteiger partial charge in [0, 0.05) is 19.2 Å². The summed E-state index contributed by atoms with van der Waals surface area (Å²) in [4.78, 5) is 13.3. The maximum absolute atomic E-state index is 11.6. The van der Waals surface area contributed by atoms with Gasteiger partial charge in [0.1, 0.15) is 5.75 Å². The summed E-state index contributed by atoms with van der Waals surface area (Å²) < 4.78 is 5.52. The molecule has 0 atom stereocenters. The van der Waals surface area contributed by atoms with Gasteiger partial charge >= 0.3 is 0 Å². The van der Waals surface area contributed by atoms with Crippen LogP contribution in [0, 0.1) is 0 Å². The lowest BCUT2D eigenvalue weighted by molar-refractivity contribution is -0.129. The lowest BCUT2D eigenvalue weighted by atomic mass is 10.2. The molecule has 1 aromatic rings. The van der Waals surface area contributed by atoms with E-state index >= 15 is 0 Å². The first-order chi connectivity index (χ1) is 8.19. The minimum absolute atomic E-state index is 0. The van der Waals surface area contributed by atoms with Crippen molar-refractivity contribution in [3.63, 3.8) is 0 Å². The summed E-state index contributed by atoms with van der Waals surface area (Å²) in [6, 6.07) is 7.79. The number of benzene rings is 1. The van der Waals surface area contributed by atoms with Crippen molar-refractivity contribution in [2.24, 2.45) is 0 Å². The predicted molar refractivity (Wildman–Crippen MR) is 75.3 cm³/mol. The molecule has 0 saturated heterocycles. The van der Waals surface area contributed by atoms with E-state index in [4.69, 9.17) is 4.74 Å². The largest absolute Gasteiger partial charge is 0.494 e. The van der Waals surface area contributed by atoms with Crippen LogP contribution < -0.4 is 10.1 Å². The average molecular weight is 273 g/mol. The quantitative estimate of drug-likeness (QED) is 0.857. The van der Waals surface area contributed by atoms with Gasteiger partial charge in [0.15, 0.2) is 0 Å². The number of nitrogens with one attached hydrogen (secondary N) is 1. The van der Waals surface area contributed by atoms with Gasteiger partial charge in [-0.1, -0.05) is 18.2 Å². The lowest BCUT2D eigenvalue weighted by Crippen LogP contribution is -2.33. The molecule has 0 aliphatic heterocycles. The fourth-order valence-corrected chi connectivity index (χ4v) is 1.56. The van der Waals surface area contributed by atoms with E-state index in [1.165, 1.54) is 0 Å². The summed E-state index contributed by atoms with van der Waals surface area (Å²) in [5, 5.41) is 2.85. The van der Waals surface area contributed by atoms with Crippen molar-refractivity contribution in [2.45, 2.75) is 13.5 Å². The van der Waals surface area contributed by atoms with Gasteiger partial charge in [0.25, 0.3) is 0 Å². The summed E-state index contributed by atoms with van der Waals surface area (Å²) in [6.45, 7) is 3.50. The Kier molecular flexibility index (Phi) is 8.16. The Morgan fingerprint density at radius 1 is 1.39 bits per heavy atom. The molecule has 0 heterocycles. The number of hydrogen-bond donors (Lipinski definition) is 1. The van der Waals surface area contributed by atoms with Crippen molar-refractivity contribution >= 4 is 18.3 Å².